The van der Waals surface area contributed by atoms with Crippen molar-refractivity contribution in [3.8, 4) is 0 Å². The third kappa shape index (κ3) is 4.75. The minimum Gasteiger partial charge on any atom is -0.460 e. The zero-order valence-corrected chi connectivity index (χ0v) is 18.5. The number of halogens is 1. The van der Waals surface area contributed by atoms with Crippen LogP contribution in [0.4, 0.5) is 10.2 Å². The van der Waals surface area contributed by atoms with Crippen LogP contribution in [0.2, 0.25) is 0 Å². The highest BCUT2D eigenvalue weighted by molar-refractivity contribution is 7.99. The van der Waals surface area contributed by atoms with Crippen molar-refractivity contribution in [2.75, 3.05) is 11.1 Å². The second kappa shape index (κ2) is 9.04. The van der Waals surface area contributed by atoms with Crippen LogP contribution in [0, 0.1) is 11.7 Å². The Hall–Kier alpha value is -2.61. The van der Waals surface area contributed by atoms with Gasteiger partial charge >= 0.3 is 5.97 Å². The minimum absolute atomic E-state index is 0.274. The highest BCUT2D eigenvalue weighted by Gasteiger charge is 2.36. The van der Waals surface area contributed by atoms with Gasteiger partial charge in [0.2, 0.25) is 0 Å². The highest BCUT2D eigenvalue weighted by atomic mass is 32.2. The molecule has 0 spiro atoms. The molecular formula is C22H26FN3O3S. The number of nitrogens with zero attached hydrogens (tertiary/aromatic N) is 1. The standard InChI is InChI=1S/C22H26FN3O3S/c1-11(2)10-30-22-25-19-18(20(27)26-22)17(14-7-6-8-15(23)9-14)16(13(5)24-19)21(28)29-12(3)4/h6-9,11-12,17H,10H2,1-5H3,(H2,24,25,26,27)/t17-/m1/s1. The Morgan fingerprint density at radius 1 is 1.30 bits per heavy atom. The molecule has 0 fully saturated rings. The molecule has 1 aromatic carbocycles. The van der Waals surface area contributed by atoms with E-state index >= 15 is 0 Å². The van der Waals surface area contributed by atoms with Crippen molar-refractivity contribution < 1.29 is 13.9 Å². The summed E-state index contributed by atoms with van der Waals surface area (Å²) in [5.74, 6) is -0.178. The van der Waals surface area contributed by atoms with Crippen LogP contribution >= 0.6 is 11.8 Å². The lowest BCUT2D eigenvalue weighted by molar-refractivity contribution is -0.143. The predicted octanol–water partition coefficient (Wildman–Crippen LogP) is 4.44. The van der Waals surface area contributed by atoms with E-state index in [0.717, 1.165) is 5.75 Å². The number of H-pyrrole nitrogens is 1. The van der Waals surface area contributed by atoms with Crippen molar-refractivity contribution in [3.05, 3.63) is 62.8 Å². The molecule has 0 radical (unpaired) electrons. The van der Waals surface area contributed by atoms with Crippen LogP contribution in [-0.4, -0.2) is 27.8 Å². The van der Waals surface area contributed by atoms with Crippen LogP contribution in [-0.2, 0) is 9.53 Å². The first-order valence-electron chi connectivity index (χ1n) is 9.88. The number of benzene rings is 1. The van der Waals surface area contributed by atoms with Crippen molar-refractivity contribution in [1.82, 2.24) is 9.97 Å². The van der Waals surface area contributed by atoms with Gasteiger partial charge in [0.15, 0.2) is 5.16 Å². The molecule has 2 N–H and O–H groups in total. The number of thioether (sulfide) groups is 1. The molecule has 30 heavy (non-hydrogen) atoms. The van der Waals surface area contributed by atoms with E-state index in [4.69, 9.17) is 4.74 Å². The number of esters is 1. The minimum atomic E-state index is -0.788. The van der Waals surface area contributed by atoms with Crippen LogP contribution in [0.3, 0.4) is 0 Å². The molecule has 160 valence electrons. The Balaban J connectivity index is 2.16. The van der Waals surface area contributed by atoms with Crippen LogP contribution in [0.5, 0.6) is 0 Å². The average molecular weight is 432 g/mol. The first-order valence-corrected chi connectivity index (χ1v) is 10.9. The Kier molecular flexibility index (Phi) is 6.65. The number of ether oxygens (including phenoxy) is 1. The highest BCUT2D eigenvalue weighted by Crippen LogP contribution is 2.40. The van der Waals surface area contributed by atoms with Crippen molar-refractivity contribution in [2.24, 2.45) is 5.92 Å². The Morgan fingerprint density at radius 3 is 2.67 bits per heavy atom. The molecule has 1 aliphatic rings. The number of aromatic nitrogens is 2. The third-order valence-corrected chi connectivity index (χ3v) is 5.82. The number of carbonyl (C=O) groups excluding carboxylic acids is 1. The van der Waals surface area contributed by atoms with E-state index in [2.05, 4.69) is 29.1 Å². The van der Waals surface area contributed by atoms with Gasteiger partial charge in [-0.3, -0.25) is 4.79 Å². The number of carbonyl (C=O) groups is 1. The topological polar surface area (TPSA) is 84.1 Å². The normalized spacial score (nSPS) is 15.9. The lowest BCUT2D eigenvalue weighted by atomic mass is 9.82. The molecule has 0 saturated heterocycles. The molecule has 0 unspecified atom stereocenters. The molecule has 2 heterocycles. The zero-order valence-electron chi connectivity index (χ0n) is 17.7. The first-order chi connectivity index (χ1) is 14.2. The zero-order chi connectivity index (χ0) is 22.0. The van der Waals surface area contributed by atoms with Gasteiger partial charge in [-0.2, -0.15) is 0 Å². The Bertz CT molecular complexity index is 1050. The fourth-order valence-corrected chi connectivity index (χ4v) is 4.12. The first kappa shape index (κ1) is 22.1. The van der Waals surface area contributed by atoms with Crippen LogP contribution < -0.4 is 10.9 Å². The molecule has 8 heteroatoms. The van der Waals surface area contributed by atoms with Crippen molar-refractivity contribution >= 4 is 23.5 Å². The maximum absolute atomic E-state index is 14.0. The van der Waals surface area contributed by atoms with Crippen LogP contribution in [0.15, 0.2) is 45.5 Å². The van der Waals surface area contributed by atoms with E-state index in [1.807, 2.05) is 0 Å². The second-order valence-corrected chi connectivity index (χ2v) is 8.95. The van der Waals surface area contributed by atoms with E-state index < -0.39 is 17.7 Å². The van der Waals surface area contributed by atoms with Crippen molar-refractivity contribution in [2.45, 2.75) is 51.8 Å². The van der Waals surface area contributed by atoms with E-state index in [1.165, 1.54) is 23.9 Å². The number of fused-ring (bicyclic) bond motifs is 1. The summed E-state index contributed by atoms with van der Waals surface area (Å²) in [5.41, 5.74) is 1.20. The SMILES string of the molecule is CC1=C(C(=O)OC(C)C)[C@@H](c2cccc(F)c2)c2c(nc(SCC(C)C)[nH]c2=O)N1. The summed E-state index contributed by atoms with van der Waals surface area (Å²) in [6, 6.07) is 5.90. The summed E-state index contributed by atoms with van der Waals surface area (Å²) >= 11 is 1.46. The van der Waals surface area contributed by atoms with E-state index in [1.54, 1.807) is 32.9 Å². The fraction of sp³-hybridized carbons (Fsp3) is 0.409. The van der Waals surface area contributed by atoms with Gasteiger partial charge in [-0.1, -0.05) is 37.7 Å². The van der Waals surface area contributed by atoms with Gasteiger partial charge in [-0.15, -0.1) is 0 Å². The summed E-state index contributed by atoms with van der Waals surface area (Å²) in [4.78, 5) is 33.4. The van der Waals surface area contributed by atoms with Gasteiger partial charge in [-0.25, -0.2) is 14.2 Å². The van der Waals surface area contributed by atoms with E-state index in [-0.39, 0.29) is 22.8 Å². The number of allylic oxidation sites excluding steroid dienone is 1. The predicted molar refractivity (Wildman–Crippen MR) is 116 cm³/mol. The van der Waals surface area contributed by atoms with Crippen LogP contribution in [0.1, 0.15) is 51.7 Å². The molecule has 1 aliphatic heterocycles. The fourth-order valence-electron chi connectivity index (χ4n) is 3.31. The van der Waals surface area contributed by atoms with E-state index in [9.17, 15) is 14.0 Å². The quantitative estimate of drug-likeness (QED) is 0.400. The smallest absolute Gasteiger partial charge is 0.337 e. The molecule has 1 aromatic heterocycles. The van der Waals surface area contributed by atoms with Gasteiger partial charge in [-0.05, 0) is 44.4 Å². The van der Waals surface area contributed by atoms with Gasteiger partial charge < -0.3 is 15.0 Å². The summed E-state index contributed by atoms with van der Waals surface area (Å²) in [5, 5.41) is 3.59. The molecule has 1 atom stereocenters. The number of aromatic amines is 1. The Labute approximate surface area is 179 Å². The average Bonchev–Trinajstić information content (AvgIpc) is 2.64. The third-order valence-electron chi connectivity index (χ3n) is 4.52. The molecule has 0 saturated carbocycles. The molecular weight excluding hydrogens is 405 g/mol. The monoisotopic (exact) mass is 431 g/mol. The largest absolute Gasteiger partial charge is 0.460 e. The van der Waals surface area contributed by atoms with Gasteiger partial charge in [0.1, 0.15) is 11.6 Å². The maximum Gasteiger partial charge on any atom is 0.337 e. The van der Waals surface area contributed by atoms with Gasteiger partial charge in [0.25, 0.3) is 5.56 Å². The number of anilines is 1. The summed E-state index contributed by atoms with van der Waals surface area (Å²) < 4.78 is 19.4. The summed E-state index contributed by atoms with van der Waals surface area (Å²) in [7, 11) is 0. The van der Waals surface area contributed by atoms with E-state index in [0.29, 0.717) is 28.2 Å². The summed E-state index contributed by atoms with van der Waals surface area (Å²) in [6.07, 6.45) is -0.335. The molecule has 3 rings (SSSR count). The van der Waals surface area contributed by atoms with Gasteiger partial charge in [0, 0.05) is 11.4 Å². The van der Waals surface area contributed by atoms with Gasteiger partial charge in [0.05, 0.1) is 23.2 Å². The number of rotatable bonds is 6. The van der Waals surface area contributed by atoms with Crippen molar-refractivity contribution in [3.63, 3.8) is 0 Å². The second-order valence-electron chi connectivity index (χ2n) is 7.94. The summed E-state index contributed by atoms with van der Waals surface area (Å²) in [6.45, 7) is 9.40. The lowest BCUT2D eigenvalue weighted by Gasteiger charge is -2.29. The Morgan fingerprint density at radius 2 is 2.03 bits per heavy atom. The molecule has 0 bridgehead atoms. The van der Waals surface area contributed by atoms with Crippen LogP contribution in [0.25, 0.3) is 0 Å². The molecule has 2 aromatic rings. The number of hydrogen-bond donors (Lipinski definition) is 2. The van der Waals surface area contributed by atoms with Crippen molar-refractivity contribution in [1.29, 1.82) is 0 Å². The maximum atomic E-state index is 14.0. The molecule has 6 nitrogen and oxygen atoms in total. The number of hydrogen-bond acceptors (Lipinski definition) is 6. The number of nitrogens with one attached hydrogen (secondary N) is 2. The molecule has 0 amide bonds. The lowest BCUT2D eigenvalue weighted by Crippen LogP contribution is -2.32. The molecule has 0 aliphatic carbocycles.